The van der Waals surface area contributed by atoms with Crippen molar-refractivity contribution in [3.05, 3.63) is 41.1 Å². The third kappa shape index (κ3) is 2.30. The predicted octanol–water partition coefficient (Wildman–Crippen LogP) is 1.55. The third-order valence-electron chi connectivity index (χ3n) is 4.85. The van der Waals surface area contributed by atoms with Crippen LogP contribution in [0.4, 0.5) is 11.5 Å². The number of hydrogen-bond donors (Lipinski definition) is 3. The fourth-order valence-corrected chi connectivity index (χ4v) is 3.62. The van der Waals surface area contributed by atoms with Crippen LogP contribution in [0.2, 0.25) is 0 Å². The Hall–Kier alpha value is -2.34. The number of carbonyl (C=O) groups is 1. The number of nitrogen functional groups attached to an aromatic ring is 1. The number of aliphatic hydroxyl groups is 1. The first-order chi connectivity index (χ1) is 11.1. The van der Waals surface area contributed by atoms with E-state index in [4.69, 9.17) is 5.73 Å². The Morgan fingerprint density at radius 2 is 2.17 bits per heavy atom. The Labute approximate surface area is 134 Å². The maximum absolute atomic E-state index is 13.0. The molecule has 2 atom stereocenters. The van der Waals surface area contributed by atoms with Crippen molar-refractivity contribution in [2.24, 2.45) is 0 Å². The zero-order valence-corrected chi connectivity index (χ0v) is 12.8. The topological polar surface area (TPSA) is 93.2 Å². The van der Waals surface area contributed by atoms with Crippen LogP contribution in [0.3, 0.4) is 0 Å². The van der Waals surface area contributed by atoms with Gasteiger partial charge in [-0.05, 0) is 30.9 Å². The van der Waals surface area contributed by atoms with Crippen LogP contribution < -0.4 is 11.1 Å². The molecule has 2 aliphatic rings. The zero-order valence-electron chi connectivity index (χ0n) is 12.8. The smallest absolute Gasteiger partial charge is 0.256 e. The highest BCUT2D eigenvalue weighted by atomic mass is 16.3. The first kappa shape index (κ1) is 14.3. The van der Waals surface area contributed by atoms with Crippen molar-refractivity contribution in [3.8, 4) is 0 Å². The van der Waals surface area contributed by atoms with Gasteiger partial charge in [0.15, 0.2) is 0 Å². The monoisotopic (exact) mass is 312 g/mol. The van der Waals surface area contributed by atoms with Gasteiger partial charge in [0, 0.05) is 24.2 Å². The van der Waals surface area contributed by atoms with Crippen LogP contribution in [0.1, 0.15) is 40.4 Å². The lowest BCUT2D eigenvalue weighted by Gasteiger charge is -2.25. The Morgan fingerprint density at radius 1 is 1.35 bits per heavy atom. The number of para-hydroxylation sites is 1. The average Bonchev–Trinajstić information content (AvgIpc) is 2.90. The number of anilines is 2. The van der Waals surface area contributed by atoms with Gasteiger partial charge in [-0.2, -0.15) is 9.78 Å². The van der Waals surface area contributed by atoms with Crippen molar-refractivity contribution >= 4 is 17.4 Å². The minimum Gasteiger partial charge on any atom is -0.393 e. The van der Waals surface area contributed by atoms with E-state index in [1.54, 1.807) is 0 Å². The molecule has 0 radical (unpaired) electrons. The second kappa shape index (κ2) is 5.38. The molecule has 0 saturated carbocycles. The Morgan fingerprint density at radius 3 is 3.04 bits per heavy atom. The summed E-state index contributed by atoms with van der Waals surface area (Å²) in [6, 6.07) is 7.87. The molecule has 2 heterocycles. The van der Waals surface area contributed by atoms with Crippen LogP contribution in [0.15, 0.2) is 24.3 Å². The first-order valence-corrected chi connectivity index (χ1v) is 8.06. The van der Waals surface area contributed by atoms with Crippen LogP contribution in [0.5, 0.6) is 0 Å². The van der Waals surface area contributed by atoms with Crippen LogP contribution in [0, 0.1) is 0 Å². The molecule has 1 aromatic carbocycles. The number of nitrogens with two attached hydrogens (primary N) is 1. The molecular weight excluding hydrogens is 292 g/mol. The molecule has 6 nitrogen and oxygen atoms in total. The number of carbonyl (C=O) groups excluding carboxylic acids is 1. The summed E-state index contributed by atoms with van der Waals surface area (Å²) >= 11 is 0. The summed E-state index contributed by atoms with van der Waals surface area (Å²) in [5.41, 5.74) is 9.85. The second-order valence-electron chi connectivity index (χ2n) is 6.31. The Bertz CT molecular complexity index is 768. The van der Waals surface area contributed by atoms with Gasteiger partial charge in [0.1, 0.15) is 5.82 Å². The summed E-state index contributed by atoms with van der Waals surface area (Å²) < 4.78 is 1.36. The molecule has 0 amide bonds. The summed E-state index contributed by atoms with van der Waals surface area (Å²) in [6.45, 7) is 0.757. The first-order valence-electron chi connectivity index (χ1n) is 8.06. The van der Waals surface area contributed by atoms with Crippen LogP contribution in [0.25, 0.3) is 0 Å². The quantitative estimate of drug-likeness (QED) is 0.743. The summed E-state index contributed by atoms with van der Waals surface area (Å²) in [6.07, 6.45) is 2.16. The number of rotatable bonds is 1. The van der Waals surface area contributed by atoms with E-state index in [1.165, 1.54) is 4.68 Å². The molecular formula is C17H20N4O2. The summed E-state index contributed by atoms with van der Waals surface area (Å²) in [7, 11) is 0. The third-order valence-corrected chi connectivity index (χ3v) is 4.85. The molecule has 120 valence electrons. The van der Waals surface area contributed by atoms with Gasteiger partial charge in [-0.25, -0.2) is 0 Å². The molecule has 0 saturated heterocycles. The highest BCUT2D eigenvalue weighted by molar-refractivity contribution is 5.90. The number of fused-ring (bicyclic) bond motifs is 2. The summed E-state index contributed by atoms with van der Waals surface area (Å²) in [4.78, 5) is 13.0. The van der Waals surface area contributed by atoms with Gasteiger partial charge >= 0.3 is 0 Å². The molecule has 1 aliphatic carbocycles. The number of aryl methyl sites for hydroxylation is 1. The number of benzene rings is 1. The van der Waals surface area contributed by atoms with E-state index in [0.717, 1.165) is 35.5 Å². The number of aliphatic hydroxyl groups excluding tert-OH is 1. The highest BCUT2D eigenvalue weighted by Crippen LogP contribution is 2.34. The van der Waals surface area contributed by atoms with Crippen molar-refractivity contribution in [1.82, 2.24) is 9.78 Å². The Kier molecular flexibility index (Phi) is 3.34. The number of hydrogen-bond acceptors (Lipinski definition) is 5. The minimum absolute atomic E-state index is 0.0830. The average molecular weight is 312 g/mol. The lowest BCUT2D eigenvalue weighted by molar-refractivity contribution is 0.0859. The zero-order chi connectivity index (χ0) is 16.0. The fourth-order valence-electron chi connectivity index (χ4n) is 3.62. The van der Waals surface area contributed by atoms with E-state index < -0.39 is 6.10 Å². The van der Waals surface area contributed by atoms with Gasteiger partial charge in [0.05, 0.1) is 17.7 Å². The van der Waals surface area contributed by atoms with E-state index in [2.05, 4.69) is 10.4 Å². The molecule has 0 bridgehead atoms. The minimum atomic E-state index is -0.392. The van der Waals surface area contributed by atoms with Gasteiger partial charge in [-0.3, -0.25) is 4.79 Å². The summed E-state index contributed by atoms with van der Waals surface area (Å²) in [5.74, 6) is 0.0705. The lowest BCUT2D eigenvalue weighted by atomic mass is 9.90. The summed E-state index contributed by atoms with van der Waals surface area (Å²) in [5, 5.41) is 17.6. The fraction of sp³-hybridized carbons (Fsp3) is 0.412. The predicted molar refractivity (Wildman–Crippen MR) is 87.6 cm³/mol. The number of nitrogens with zero attached hydrogens (tertiary/aromatic N) is 2. The standard InChI is InChI=1S/C17H20N4O2/c18-16-13-9-10(22)5-6-15(13)20-21(16)17(23)12-7-8-19-14-4-2-1-3-11(12)14/h1-4,10,12,19,22H,5-9,18H2/t10-,12+/m0/s1. The van der Waals surface area contributed by atoms with Gasteiger partial charge in [-0.1, -0.05) is 18.2 Å². The molecule has 0 fully saturated rings. The van der Waals surface area contributed by atoms with E-state index in [0.29, 0.717) is 25.1 Å². The van der Waals surface area contributed by atoms with Crippen LogP contribution in [-0.2, 0) is 12.8 Å². The normalized spacial score (nSPS) is 22.8. The van der Waals surface area contributed by atoms with Crippen molar-refractivity contribution in [2.75, 3.05) is 17.6 Å². The Balaban J connectivity index is 1.71. The molecule has 0 spiro atoms. The SMILES string of the molecule is Nc1c2c(nn1C(=O)[C@@H]1CCNc3ccccc31)CC[C@H](O)C2. The molecule has 2 aromatic rings. The maximum Gasteiger partial charge on any atom is 0.256 e. The van der Waals surface area contributed by atoms with E-state index in [1.807, 2.05) is 24.3 Å². The van der Waals surface area contributed by atoms with Crippen molar-refractivity contribution in [2.45, 2.75) is 37.7 Å². The molecule has 23 heavy (non-hydrogen) atoms. The van der Waals surface area contributed by atoms with Gasteiger partial charge in [0.25, 0.3) is 5.91 Å². The van der Waals surface area contributed by atoms with Gasteiger partial charge < -0.3 is 16.2 Å². The molecule has 4 N–H and O–H groups in total. The van der Waals surface area contributed by atoms with E-state index in [9.17, 15) is 9.90 Å². The van der Waals surface area contributed by atoms with Crippen LogP contribution in [-0.4, -0.2) is 33.4 Å². The molecule has 1 aromatic heterocycles. The van der Waals surface area contributed by atoms with E-state index in [-0.39, 0.29) is 11.8 Å². The lowest BCUT2D eigenvalue weighted by Crippen LogP contribution is -2.28. The van der Waals surface area contributed by atoms with Crippen molar-refractivity contribution < 1.29 is 9.90 Å². The molecule has 1 aliphatic heterocycles. The van der Waals surface area contributed by atoms with Crippen molar-refractivity contribution in [3.63, 3.8) is 0 Å². The van der Waals surface area contributed by atoms with E-state index >= 15 is 0 Å². The number of aromatic nitrogens is 2. The van der Waals surface area contributed by atoms with Gasteiger partial charge in [-0.15, -0.1) is 0 Å². The van der Waals surface area contributed by atoms with Gasteiger partial charge in [0.2, 0.25) is 0 Å². The second-order valence-corrected chi connectivity index (χ2v) is 6.31. The molecule has 0 unspecified atom stereocenters. The van der Waals surface area contributed by atoms with Crippen molar-refractivity contribution in [1.29, 1.82) is 0 Å². The van der Waals surface area contributed by atoms with Crippen LogP contribution >= 0.6 is 0 Å². The number of nitrogens with one attached hydrogen (secondary N) is 1. The molecule has 6 heteroatoms. The molecule has 4 rings (SSSR count). The maximum atomic E-state index is 13.0. The largest absolute Gasteiger partial charge is 0.393 e. The highest BCUT2D eigenvalue weighted by Gasteiger charge is 2.32.